The van der Waals surface area contributed by atoms with Crippen LogP contribution in [-0.2, 0) is 15.4 Å². The number of fused-ring (bicyclic) bond motifs is 1. The van der Waals surface area contributed by atoms with E-state index >= 15 is 0 Å². The van der Waals surface area contributed by atoms with E-state index in [0.717, 1.165) is 11.1 Å². The van der Waals surface area contributed by atoms with Crippen molar-refractivity contribution < 1.29 is 8.42 Å². The molecule has 3 nitrogen and oxygen atoms in total. The fraction of sp³-hybridized carbons (Fsp3) is 0.385. The molecule has 0 aliphatic carbocycles. The molecule has 1 aliphatic heterocycles. The molecule has 1 aromatic rings. The average Bonchev–Trinajstić information content (AvgIpc) is 2.22. The molecule has 0 atom stereocenters. The zero-order valence-corrected chi connectivity index (χ0v) is 11.4. The van der Waals surface area contributed by atoms with Gasteiger partial charge in [0.2, 0.25) is 0 Å². The molecule has 0 bridgehead atoms. The lowest BCUT2D eigenvalue weighted by molar-refractivity contribution is 0.536. The van der Waals surface area contributed by atoms with Crippen molar-refractivity contribution in [3.05, 3.63) is 35.5 Å². The van der Waals surface area contributed by atoms with Crippen LogP contribution in [0.15, 0.2) is 29.3 Å². The maximum atomic E-state index is 12.2. The van der Waals surface area contributed by atoms with E-state index in [1.807, 2.05) is 18.2 Å². The summed E-state index contributed by atoms with van der Waals surface area (Å²) < 4.78 is 25.6. The number of benzene rings is 1. The van der Waals surface area contributed by atoms with E-state index in [4.69, 9.17) is 0 Å². The van der Waals surface area contributed by atoms with Gasteiger partial charge in [0.1, 0.15) is 0 Å². The molecule has 1 heterocycles. The van der Waals surface area contributed by atoms with Gasteiger partial charge in [-0.05, 0) is 28.7 Å². The Hall–Kier alpha value is -1.29. The Bertz CT molecular complexity index is 580. The minimum Gasteiger partial charge on any atom is -0.276 e. The van der Waals surface area contributed by atoms with Crippen molar-refractivity contribution in [3.8, 4) is 0 Å². The number of hydrogen-bond acceptors (Lipinski definition) is 2. The summed E-state index contributed by atoms with van der Waals surface area (Å²) in [6.45, 7) is 6.22. The van der Waals surface area contributed by atoms with Crippen molar-refractivity contribution in [2.45, 2.75) is 31.1 Å². The largest absolute Gasteiger partial charge is 0.276 e. The topological polar surface area (TPSA) is 37.4 Å². The first-order valence-corrected chi connectivity index (χ1v) is 6.98. The first-order chi connectivity index (χ1) is 7.73. The molecule has 0 N–H and O–H groups in total. The van der Waals surface area contributed by atoms with Gasteiger partial charge in [-0.3, -0.25) is 4.31 Å². The van der Waals surface area contributed by atoms with Gasteiger partial charge in [-0.1, -0.05) is 32.9 Å². The molecule has 4 heteroatoms. The van der Waals surface area contributed by atoms with Crippen LogP contribution in [0.2, 0.25) is 0 Å². The molecule has 1 aliphatic rings. The van der Waals surface area contributed by atoms with Gasteiger partial charge in [0.15, 0.2) is 0 Å². The normalized spacial score (nSPS) is 18.0. The molecule has 0 fully saturated rings. The Kier molecular flexibility index (Phi) is 2.58. The summed E-state index contributed by atoms with van der Waals surface area (Å²) in [4.78, 5) is 0.398. The van der Waals surface area contributed by atoms with Crippen molar-refractivity contribution in [3.63, 3.8) is 0 Å². The van der Waals surface area contributed by atoms with E-state index in [2.05, 4.69) is 20.8 Å². The van der Waals surface area contributed by atoms with Crippen LogP contribution in [0, 0.1) is 0 Å². The van der Waals surface area contributed by atoms with Gasteiger partial charge in [-0.15, -0.1) is 0 Å². The van der Waals surface area contributed by atoms with Crippen LogP contribution in [-0.4, -0.2) is 19.8 Å². The number of rotatable bonds is 0. The zero-order chi connectivity index (χ0) is 12.8. The molecule has 0 unspecified atom stereocenters. The van der Waals surface area contributed by atoms with Gasteiger partial charge in [0.05, 0.1) is 4.90 Å². The van der Waals surface area contributed by atoms with E-state index in [0.29, 0.717) is 4.90 Å². The third-order valence-corrected chi connectivity index (χ3v) is 4.79. The molecule has 17 heavy (non-hydrogen) atoms. The lowest BCUT2D eigenvalue weighted by atomic mass is 9.86. The van der Waals surface area contributed by atoms with Crippen molar-refractivity contribution in [2.75, 3.05) is 7.05 Å². The molecule has 1 aromatic carbocycles. The lowest BCUT2D eigenvalue weighted by Crippen LogP contribution is -2.25. The maximum Gasteiger partial charge on any atom is 0.264 e. The first-order valence-electron chi connectivity index (χ1n) is 5.54. The molecular weight excluding hydrogens is 234 g/mol. The fourth-order valence-corrected chi connectivity index (χ4v) is 3.02. The zero-order valence-electron chi connectivity index (χ0n) is 10.6. The molecule has 2 rings (SSSR count). The second-order valence-electron chi connectivity index (χ2n) is 5.34. The summed E-state index contributed by atoms with van der Waals surface area (Å²) in [5, 5.41) is 0. The predicted octanol–water partition coefficient (Wildman–Crippen LogP) is 2.59. The summed E-state index contributed by atoms with van der Waals surface area (Å²) in [5.41, 5.74) is 1.74. The average molecular weight is 251 g/mol. The molecule has 0 amide bonds. The van der Waals surface area contributed by atoms with E-state index in [9.17, 15) is 8.42 Å². The lowest BCUT2D eigenvalue weighted by Gasteiger charge is -2.25. The van der Waals surface area contributed by atoms with Gasteiger partial charge in [0, 0.05) is 13.2 Å². The van der Waals surface area contributed by atoms with Gasteiger partial charge in [-0.2, -0.15) is 0 Å². The maximum absolute atomic E-state index is 12.2. The van der Waals surface area contributed by atoms with Crippen LogP contribution >= 0.6 is 0 Å². The van der Waals surface area contributed by atoms with E-state index in [-0.39, 0.29) is 5.41 Å². The van der Waals surface area contributed by atoms with Crippen LogP contribution in [0.4, 0.5) is 0 Å². The Morgan fingerprint density at radius 2 is 1.82 bits per heavy atom. The van der Waals surface area contributed by atoms with Crippen molar-refractivity contribution in [2.24, 2.45) is 0 Å². The summed E-state index contributed by atoms with van der Waals surface area (Å²) in [6, 6.07) is 5.64. The van der Waals surface area contributed by atoms with E-state index in [1.54, 1.807) is 19.3 Å². The number of nitrogens with zero attached hydrogens (tertiary/aromatic N) is 1. The fourth-order valence-electron chi connectivity index (χ4n) is 1.78. The van der Waals surface area contributed by atoms with Crippen LogP contribution in [0.5, 0.6) is 0 Å². The second kappa shape index (κ2) is 3.60. The minimum absolute atomic E-state index is 0.0513. The molecule has 0 aromatic heterocycles. The van der Waals surface area contributed by atoms with Gasteiger partial charge < -0.3 is 0 Å². The number of sulfonamides is 1. The van der Waals surface area contributed by atoms with Gasteiger partial charge in [0.25, 0.3) is 10.0 Å². The predicted molar refractivity (Wildman–Crippen MR) is 69.1 cm³/mol. The SMILES string of the molecule is CN1C=Cc2ccc(C(C)(C)C)cc2S1(=O)=O. The van der Waals surface area contributed by atoms with Gasteiger partial charge >= 0.3 is 0 Å². The third kappa shape index (κ3) is 1.97. The van der Waals surface area contributed by atoms with Gasteiger partial charge in [-0.25, -0.2) is 8.42 Å². The molecule has 0 saturated carbocycles. The molecule has 0 spiro atoms. The van der Waals surface area contributed by atoms with Crippen molar-refractivity contribution in [1.82, 2.24) is 4.31 Å². The Labute approximate surface area is 103 Å². The monoisotopic (exact) mass is 251 g/mol. The summed E-state index contributed by atoms with van der Waals surface area (Å²) in [5.74, 6) is 0. The van der Waals surface area contributed by atoms with Crippen LogP contribution in [0.3, 0.4) is 0 Å². The molecular formula is C13H17NO2S. The Balaban J connectivity index is 2.68. The smallest absolute Gasteiger partial charge is 0.264 e. The first kappa shape index (κ1) is 12.2. The van der Waals surface area contributed by atoms with Crippen molar-refractivity contribution >= 4 is 16.1 Å². The van der Waals surface area contributed by atoms with Crippen LogP contribution < -0.4 is 0 Å². The quantitative estimate of drug-likeness (QED) is 0.710. The summed E-state index contributed by atoms with van der Waals surface area (Å²) >= 11 is 0. The molecule has 0 radical (unpaired) electrons. The molecule has 0 saturated heterocycles. The number of hydrogen-bond donors (Lipinski definition) is 0. The molecule has 92 valence electrons. The standard InChI is InChI=1S/C13H17NO2S/c1-13(2,3)11-6-5-10-7-8-14(4)17(15,16)12(10)9-11/h5-9H,1-4H3. The third-order valence-electron chi connectivity index (χ3n) is 3.00. The Morgan fingerprint density at radius 3 is 2.41 bits per heavy atom. The van der Waals surface area contributed by atoms with E-state index in [1.165, 1.54) is 4.31 Å². The highest BCUT2D eigenvalue weighted by Crippen LogP contribution is 2.31. The minimum atomic E-state index is -3.36. The highest BCUT2D eigenvalue weighted by Gasteiger charge is 2.26. The summed E-state index contributed by atoms with van der Waals surface area (Å²) in [7, 11) is -1.80. The second-order valence-corrected chi connectivity index (χ2v) is 7.31. The van der Waals surface area contributed by atoms with Crippen LogP contribution in [0.25, 0.3) is 6.08 Å². The Morgan fingerprint density at radius 1 is 1.18 bits per heavy atom. The highest BCUT2D eigenvalue weighted by molar-refractivity contribution is 7.89. The van der Waals surface area contributed by atoms with Crippen molar-refractivity contribution in [1.29, 1.82) is 0 Å². The summed E-state index contributed by atoms with van der Waals surface area (Å²) in [6.07, 6.45) is 3.40. The van der Waals surface area contributed by atoms with Crippen LogP contribution in [0.1, 0.15) is 31.9 Å². The van der Waals surface area contributed by atoms with E-state index < -0.39 is 10.0 Å². The highest BCUT2D eigenvalue weighted by atomic mass is 32.2.